The number of fused-ring (bicyclic) bond motifs is 7. The Kier molecular flexibility index (Phi) is 8.92. The molecular weight excluding hydrogens is 787 g/mol. The van der Waals surface area contributed by atoms with Gasteiger partial charge in [0.25, 0.3) is 6.71 Å². The normalized spacial score (nSPS) is 25.1. The molecule has 1 aromatic heterocycles. The van der Waals surface area contributed by atoms with E-state index in [0.717, 1.165) is 36.2 Å². The fraction of sp³-hybridized carbons (Fsp3) is 0.541. The maximum Gasteiger partial charge on any atom is 0.296 e. The molecule has 1 saturated carbocycles. The lowest BCUT2D eigenvalue weighted by Gasteiger charge is -2.53. The molecule has 338 valence electrons. The fourth-order valence-corrected chi connectivity index (χ4v) is 13.9. The van der Waals surface area contributed by atoms with Crippen molar-refractivity contribution in [2.75, 3.05) is 9.80 Å². The van der Waals surface area contributed by atoms with E-state index in [4.69, 9.17) is 4.42 Å². The summed E-state index contributed by atoms with van der Waals surface area (Å²) in [6, 6.07) is 22.4. The molecule has 3 nitrogen and oxygen atoms in total. The highest BCUT2D eigenvalue weighted by Gasteiger charge is 2.54. The molecule has 65 heavy (non-hydrogen) atoms. The number of furan rings is 1. The van der Waals surface area contributed by atoms with Crippen LogP contribution in [0, 0.1) is 46.6 Å². The van der Waals surface area contributed by atoms with Gasteiger partial charge in [0.05, 0.1) is 17.0 Å². The van der Waals surface area contributed by atoms with Crippen molar-refractivity contribution in [1.29, 1.82) is 0 Å². The number of nitrogens with zero attached hydrogens (tertiary/aromatic N) is 2. The van der Waals surface area contributed by atoms with Crippen molar-refractivity contribution < 1.29 is 4.42 Å². The summed E-state index contributed by atoms with van der Waals surface area (Å²) in [7, 11) is 0. The Hall–Kier alpha value is -4.36. The highest BCUT2D eigenvalue weighted by Crippen LogP contribution is 2.60. The molecule has 0 N–H and O–H groups in total. The molecule has 4 aromatic rings. The number of hydrogen-bond donors (Lipinski definition) is 0. The second kappa shape index (κ2) is 13.4. The van der Waals surface area contributed by atoms with Gasteiger partial charge in [0, 0.05) is 33.7 Å². The molecule has 0 spiro atoms. The van der Waals surface area contributed by atoms with Crippen molar-refractivity contribution in [3.05, 3.63) is 117 Å². The lowest BCUT2D eigenvalue weighted by Crippen LogP contribution is -2.57. The first-order valence-electron chi connectivity index (χ1n) is 25.4. The summed E-state index contributed by atoms with van der Waals surface area (Å²) in [5.74, 6) is 0.442. The number of anilines is 4. The number of benzene rings is 2. The topological polar surface area (TPSA) is 19.6 Å². The highest BCUT2D eigenvalue weighted by atomic mass is 16.3. The third-order valence-electron chi connectivity index (χ3n) is 18.6. The molecule has 1 unspecified atom stereocenters. The molecular formula is C61H75BN2O. The summed E-state index contributed by atoms with van der Waals surface area (Å²) in [5, 5.41) is 1.23. The van der Waals surface area contributed by atoms with Gasteiger partial charge in [-0.3, -0.25) is 0 Å². The SMILES string of the molecule is Cc1cc2c3c(c1)N(C1=CC4=C(CC1)C(C)(C)CCC4(C)C)c1c(oc4ccc(C(C)(C)C)cc14)B3C1=C(CC3C(=C1)C(C)(C)CCC3(C)C)N2c1c#cc2c(c1)C(C)(C)CCC2(C)C. The van der Waals surface area contributed by atoms with Crippen molar-refractivity contribution in [1.82, 2.24) is 0 Å². The smallest absolute Gasteiger partial charge is 0.296 e. The van der Waals surface area contributed by atoms with Gasteiger partial charge < -0.3 is 14.2 Å². The summed E-state index contributed by atoms with van der Waals surface area (Å²) in [4.78, 5) is 5.39. The molecule has 5 aliphatic carbocycles. The zero-order valence-electron chi connectivity index (χ0n) is 42.9. The third kappa shape index (κ3) is 6.28. The lowest BCUT2D eigenvalue weighted by molar-refractivity contribution is 0.121. The van der Waals surface area contributed by atoms with Gasteiger partial charge in [0.15, 0.2) is 0 Å². The molecule has 7 aliphatic rings. The number of allylic oxidation sites excluding steroid dienone is 8. The van der Waals surface area contributed by atoms with Crippen LogP contribution in [0.25, 0.3) is 11.0 Å². The van der Waals surface area contributed by atoms with Gasteiger partial charge in [-0.1, -0.05) is 133 Å². The molecule has 0 bridgehead atoms. The summed E-state index contributed by atoms with van der Waals surface area (Å²) < 4.78 is 7.51. The van der Waals surface area contributed by atoms with E-state index in [-0.39, 0.29) is 44.6 Å². The van der Waals surface area contributed by atoms with Crippen molar-refractivity contribution >= 4 is 51.6 Å². The molecule has 1 fully saturated rings. The van der Waals surface area contributed by atoms with Crippen molar-refractivity contribution in [3.8, 4) is 0 Å². The number of rotatable bonds is 2. The van der Waals surface area contributed by atoms with Crippen LogP contribution in [0.1, 0.15) is 184 Å². The summed E-state index contributed by atoms with van der Waals surface area (Å²) in [5.41, 5.74) is 23.7. The van der Waals surface area contributed by atoms with Gasteiger partial charge in [-0.25, -0.2) is 0 Å². The van der Waals surface area contributed by atoms with Crippen molar-refractivity contribution in [3.63, 3.8) is 0 Å². The van der Waals surface area contributed by atoms with Crippen molar-refractivity contribution in [2.24, 2.45) is 27.6 Å². The summed E-state index contributed by atoms with van der Waals surface area (Å²) >= 11 is 0. The van der Waals surface area contributed by atoms with Gasteiger partial charge in [0.2, 0.25) is 0 Å². The van der Waals surface area contributed by atoms with E-state index in [9.17, 15) is 0 Å². The number of hydrogen-bond acceptors (Lipinski definition) is 3. The van der Waals surface area contributed by atoms with Crippen LogP contribution >= 0.6 is 0 Å². The first-order chi connectivity index (χ1) is 30.2. The number of aryl methyl sites for hydroxylation is 1. The molecule has 3 aromatic carbocycles. The largest absolute Gasteiger partial charge is 0.468 e. The third-order valence-corrected chi connectivity index (χ3v) is 18.6. The molecule has 0 radical (unpaired) electrons. The predicted molar refractivity (Wildman–Crippen MR) is 276 cm³/mol. The van der Waals surface area contributed by atoms with E-state index in [0.29, 0.717) is 5.92 Å². The molecule has 4 heteroatoms. The van der Waals surface area contributed by atoms with Crippen LogP contribution in [0.5, 0.6) is 0 Å². The van der Waals surface area contributed by atoms with Crippen LogP contribution in [0.15, 0.2) is 86.6 Å². The van der Waals surface area contributed by atoms with Crippen LogP contribution < -0.4 is 20.9 Å². The van der Waals surface area contributed by atoms with E-state index in [1.54, 1.807) is 16.7 Å². The van der Waals surface area contributed by atoms with E-state index >= 15 is 0 Å². The van der Waals surface area contributed by atoms with Gasteiger partial charge in [0.1, 0.15) is 5.58 Å². The lowest BCUT2D eigenvalue weighted by atomic mass is 9.33. The van der Waals surface area contributed by atoms with Crippen LogP contribution in [0.4, 0.5) is 22.7 Å². The fourth-order valence-electron chi connectivity index (χ4n) is 13.9. The minimum Gasteiger partial charge on any atom is -0.468 e. The standard InChI is InChI=1S/C61H75BN2O/c1-36-29-49-52-50(30-36)64(39-19-21-42-44(33-39)59(11,12)26-24-57(42,7)8)53-40-31-37(55(2,3)4)17-22-51(40)65-54(53)62(52)47-34-45-46(61(15,16)28-27-60(45,13)14)35-48(47)63(49)38-18-20-41-43(32-38)58(9,10)25-23-56(41,5)6/h17,22,29-34,46H,19,21,23-28,35H2,1-16H3. The van der Waals surface area contributed by atoms with Gasteiger partial charge >= 0.3 is 0 Å². The molecule has 0 saturated heterocycles. The Morgan fingerprint density at radius 2 is 1.35 bits per heavy atom. The second-order valence-electron chi connectivity index (χ2n) is 26.9. The van der Waals surface area contributed by atoms with Gasteiger partial charge in [-0.05, 0) is 184 Å². The Morgan fingerprint density at radius 3 is 2.08 bits per heavy atom. The molecule has 11 rings (SSSR count). The summed E-state index contributed by atoms with van der Waals surface area (Å²) in [6.45, 7) is 39.1. The maximum absolute atomic E-state index is 7.51. The maximum atomic E-state index is 7.51. The van der Waals surface area contributed by atoms with Crippen molar-refractivity contribution in [2.45, 2.75) is 185 Å². The Morgan fingerprint density at radius 1 is 0.692 bits per heavy atom. The van der Waals surface area contributed by atoms with Crippen LogP contribution in [0.3, 0.4) is 0 Å². The molecule has 1 atom stereocenters. The van der Waals surface area contributed by atoms with Crippen LogP contribution in [-0.2, 0) is 16.2 Å². The second-order valence-corrected chi connectivity index (χ2v) is 26.9. The van der Waals surface area contributed by atoms with Gasteiger partial charge in [-0.2, -0.15) is 0 Å². The monoisotopic (exact) mass is 863 g/mol. The first kappa shape index (κ1) is 43.2. The first-order valence-corrected chi connectivity index (χ1v) is 25.4. The predicted octanol–water partition coefficient (Wildman–Crippen LogP) is 15.6. The Balaban J connectivity index is 1.24. The zero-order valence-corrected chi connectivity index (χ0v) is 42.9. The average Bonchev–Trinajstić information content (AvgIpc) is 3.60. The van der Waals surface area contributed by atoms with E-state index in [2.05, 4.69) is 181 Å². The quantitative estimate of drug-likeness (QED) is 0.187. The Labute approximate surface area is 393 Å². The molecule has 0 amide bonds. The molecule has 3 heterocycles. The average molecular weight is 863 g/mol. The van der Waals surface area contributed by atoms with Crippen LogP contribution in [-0.4, -0.2) is 6.71 Å². The highest BCUT2D eigenvalue weighted by molar-refractivity contribution is 6.95. The summed E-state index contributed by atoms with van der Waals surface area (Å²) in [6.07, 6.45) is 15.7. The zero-order chi connectivity index (χ0) is 46.3. The van der Waals surface area contributed by atoms with Gasteiger partial charge in [-0.15, -0.1) is 0 Å². The molecule has 2 aliphatic heterocycles. The van der Waals surface area contributed by atoms with E-state index in [1.165, 1.54) is 106 Å². The van der Waals surface area contributed by atoms with E-state index in [1.807, 2.05) is 0 Å². The van der Waals surface area contributed by atoms with E-state index < -0.39 is 0 Å². The minimum absolute atomic E-state index is 0.00356. The minimum atomic E-state index is -0.0427. The Bertz CT molecular complexity index is 2870. The van der Waals surface area contributed by atoms with Crippen LogP contribution in [0.2, 0.25) is 0 Å².